The second-order valence-corrected chi connectivity index (χ2v) is 7.05. The van der Waals surface area contributed by atoms with Gasteiger partial charge in [0.2, 0.25) is 5.82 Å². The zero-order valence-corrected chi connectivity index (χ0v) is 16.7. The Labute approximate surface area is 169 Å². The van der Waals surface area contributed by atoms with Crippen LogP contribution in [0.1, 0.15) is 24.4 Å². The molecule has 4 rings (SSSR count). The van der Waals surface area contributed by atoms with Crippen molar-refractivity contribution in [3.63, 3.8) is 0 Å². The number of hydrogen-bond donors (Lipinski definition) is 3. The number of rotatable bonds is 5. The number of piperidine rings is 1. The molecular formula is C20H26N8O. The molecule has 0 bridgehead atoms. The lowest BCUT2D eigenvalue weighted by Crippen LogP contribution is -2.48. The van der Waals surface area contributed by atoms with E-state index in [0.29, 0.717) is 24.2 Å². The van der Waals surface area contributed by atoms with Gasteiger partial charge in [0, 0.05) is 31.9 Å². The van der Waals surface area contributed by atoms with Gasteiger partial charge in [-0.1, -0.05) is 6.07 Å². The molecule has 3 aromatic heterocycles. The van der Waals surface area contributed by atoms with Gasteiger partial charge in [0.05, 0.1) is 12.8 Å². The van der Waals surface area contributed by atoms with E-state index in [-0.39, 0.29) is 0 Å². The van der Waals surface area contributed by atoms with Crippen LogP contribution < -0.4 is 15.5 Å². The molecule has 0 radical (unpaired) electrons. The van der Waals surface area contributed by atoms with Crippen molar-refractivity contribution in [1.29, 1.82) is 0 Å². The van der Waals surface area contributed by atoms with Crippen molar-refractivity contribution >= 4 is 11.8 Å². The van der Waals surface area contributed by atoms with Crippen LogP contribution in [0.4, 0.5) is 5.82 Å². The summed E-state index contributed by atoms with van der Waals surface area (Å²) in [5.74, 6) is 3.73. The maximum Gasteiger partial charge on any atom is 0.216 e. The SMILES string of the molecule is CN=C(NCc1nc(-c2ccco2)n[nH]1)NC1CCN(c2cccc(C)n2)CC1. The summed E-state index contributed by atoms with van der Waals surface area (Å²) in [6.07, 6.45) is 3.66. The molecule has 9 nitrogen and oxygen atoms in total. The molecular weight excluding hydrogens is 368 g/mol. The molecule has 9 heteroatoms. The zero-order valence-electron chi connectivity index (χ0n) is 16.7. The first-order chi connectivity index (χ1) is 14.2. The van der Waals surface area contributed by atoms with E-state index in [9.17, 15) is 0 Å². The van der Waals surface area contributed by atoms with Crippen LogP contribution in [0, 0.1) is 6.92 Å². The van der Waals surface area contributed by atoms with Gasteiger partial charge in [-0.2, -0.15) is 0 Å². The molecule has 29 heavy (non-hydrogen) atoms. The predicted octanol–water partition coefficient (Wildman–Crippen LogP) is 2.10. The molecule has 0 unspecified atom stereocenters. The Morgan fingerprint density at radius 2 is 2.10 bits per heavy atom. The molecule has 3 aromatic rings. The number of nitrogens with zero attached hydrogens (tertiary/aromatic N) is 5. The van der Waals surface area contributed by atoms with E-state index < -0.39 is 0 Å². The molecule has 1 aliphatic rings. The second-order valence-electron chi connectivity index (χ2n) is 7.05. The summed E-state index contributed by atoms with van der Waals surface area (Å²) in [7, 11) is 1.77. The fourth-order valence-electron chi connectivity index (χ4n) is 3.40. The zero-order chi connectivity index (χ0) is 20.1. The third-order valence-corrected chi connectivity index (χ3v) is 4.95. The lowest BCUT2D eigenvalue weighted by molar-refractivity contribution is 0.459. The number of aryl methyl sites for hydroxylation is 1. The van der Waals surface area contributed by atoms with Crippen LogP contribution in [0.25, 0.3) is 11.6 Å². The van der Waals surface area contributed by atoms with E-state index >= 15 is 0 Å². The summed E-state index contributed by atoms with van der Waals surface area (Å²) >= 11 is 0. The standard InChI is InChI=1S/C20H26N8O/c1-14-5-3-7-18(23-14)28-10-8-15(9-11-28)24-20(21-2)22-13-17-25-19(27-26-17)16-6-4-12-29-16/h3-7,12,15H,8-11,13H2,1-2H3,(H2,21,22,24)(H,25,26,27). The third-order valence-electron chi connectivity index (χ3n) is 4.95. The van der Waals surface area contributed by atoms with Gasteiger partial charge < -0.3 is 20.0 Å². The summed E-state index contributed by atoms with van der Waals surface area (Å²) < 4.78 is 5.32. The number of furan rings is 1. The lowest BCUT2D eigenvalue weighted by Gasteiger charge is -2.33. The fourth-order valence-corrected chi connectivity index (χ4v) is 3.40. The van der Waals surface area contributed by atoms with Gasteiger partial charge in [0.25, 0.3) is 0 Å². The summed E-state index contributed by atoms with van der Waals surface area (Å²) in [4.78, 5) is 15.7. The van der Waals surface area contributed by atoms with Crippen LogP contribution in [0.2, 0.25) is 0 Å². The van der Waals surface area contributed by atoms with Crippen LogP contribution in [0.15, 0.2) is 46.0 Å². The monoisotopic (exact) mass is 394 g/mol. The molecule has 0 amide bonds. The Balaban J connectivity index is 1.26. The normalized spacial score (nSPS) is 15.5. The molecule has 1 aliphatic heterocycles. The minimum absolute atomic E-state index is 0.371. The van der Waals surface area contributed by atoms with Gasteiger partial charge in [-0.15, -0.1) is 5.10 Å². The lowest BCUT2D eigenvalue weighted by atomic mass is 10.1. The molecule has 1 fully saturated rings. The van der Waals surface area contributed by atoms with Crippen molar-refractivity contribution in [1.82, 2.24) is 30.8 Å². The minimum Gasteiger partial charge on any atom is -0.461 e. The predicted molar refractivity (Wildman–Crippen MR) is 112 cm³/mol. The summed E-state index contributed by atoms with van der Waals surface area (Å²) in [6.45, 7) is 4.47. The molecule has 0 aliphatic carbocycles. The van der Waals surface area contributed by atoms with Crippen molar-refractivity contribution < 1.29 is 4.42 Å². The highest BCUT2D eigenvalue weighted by molar-refractivity contribution is 5.79. The van der Waals surface area contributed by atoms with Crippen LogP contribution in [0.3, 0.4) is 0 Å². The number of hydrogen-bond acceptors (Lipinski definition) is 6. The Kier molecular flexibility index (Phi) is 5.73. The Morgan fingerprint density at radius 1 is 1.24 bits per heavy atom. The van der Waals surface area contributed by atoms with Crippen LogP contribution >= 0.6 is 0 Å². The Hall–Kier alpha value is -3.36. The van der Waals surface area contributed by atoms with Gasteiger partial charge >= 0.3 is 0 Å². The number of nitrogens with one attached hydrogen (secondary N) is 3. The molecule has 152 valence electrons. The molecule has 3 N–H and O–H groups in total. The van der Waals surface area contributed by atoms with E-state index in [1.54, 1.807) is 13.3 Å². The molecule has 0 spiro atoms. The van der Waals surface area contributed by atoms with E-state index in [1.165, 1.54) is 0 Å². The van der Waals surface area contributed by atoms with Crippen molar-refractivity contribution in [3.05, 3.63) is 48.1 Å². The first-order valence-corrected chi connectivity index (χ1v) is 9.82. The van der Waals surface area contributed by atoms with Crippen molar-refractivity contribution in [2.75, 3.05) is 25.0 Å². The van der Waals surface area contributed by atoms with Crippen LogP contribution in [-0.2, 0) is 6.54 Å². The molecule has 1 saturated heterocycles. The van der Waals surface area contributed by atoms with Crippen molar-refractivity contribution in [2.45, 2.75) is 32.4 Å². The fraction of sp³-hybridized carbons (Fsp3) is 0.400. The average Bonchev–Trinajstić information content (AvgIpc) is 3.43. The number of pyridine rings is 1. The number of aromatic nitrogens is 4. The highest BCUT2D eigenvalue weighted by Crippen LogP contribution is 2.18. The smallest absolute Gasteiger partial charge is 0.216 e. The van der Waals surface area contributed by atoms with Crippen LogP contribution in [-0.4, -0.2) is 52.3 Å². The molecule has 0 aromatic carbocycles. The Morgan fingerprint density at radius 3 is 2.83 bits per heavy atom. The highest BCUT2D eigenvalue weighted by atomic mass is 16.3. The summed E-state index contributed by atoms with van der Waals surface area (Å²) in [5.41, 5.74) is 1.05. The molecule has 0 atom stereocenters. The average molecular weight is 394 g/mol. The maximum absolute atomic E-state index is 5.32. The van der Waals surface area contributed by atoms with Crippen LogP contribution in [0.5, 0.6) is 0 Å². The van der Waals surface area contributed by atoms with Gasteiger partial charge in [0.15, 0.2) is 11.7 Å². The maximum atomic E-state index is 5.32. The number of aromatic amines is 1. The quantitative estimate of drug-likeness (QED) is 0.449. The first kappa shape index (κ1) is 19.0. The topological polar surface area (TPSA) is 107 Å². The minimum atomic E-state index is 0.371. The molecule has 4 heterocycles. The largest absolute Gasteiger partial charge is 0.461 e. The first-order valence-electron chi connectivity index (χ1n) is 9.82. The van der Waals surface area contributed by atoms with Gasteiger partial charge in [-0.25, -0.2) is 9.97 Å². The number of aliphatic imine (C=N–C) groups is 1. The Bertz CT molecular complexity index is 941. The van der Waals surface area contributed by atoms with Gasteiger partial charge in [0.1, 0.15) is 11.6 Å². The van der Waals surface area contributed by atoms with Crippen molar-refractivity contribution in [3.8, 4) is 11.6 Å². The second kappa shape index (κ2) is 8.76. The number of H-pyrrole nitrogens is 1. The van der Waals surface area contributed by atoms with Crippen molar-refractivity contribution in [2.24, 2.45) is 4.99 Å². The summed E-state index contributed by atoms with van der Waals surface area (Å²) in [5, 5.41) is 13.9. The molecule has 0 saturated carbocycles. The highest BCUT2D eigenvalue weighted by Gasteiger charge is 2.21. The van der Waals surface area contributed by atoms with E-state index in [0.717, 1.165) is 49.2 Å². The summed E-state index contributed by atoms with van der Waals surface area (Å²) in [6, 6.07) is 10.2. The third kappa shape index (κ3) is 4.74. The van der Waals surface area contributed by atoms with Gasteiger partial charge in [-0.3, -0.25) is 10.1 Å². The van der Waals surface area contributed by atoms with E-state index in [2.05, 4.69) is 52.8 Å². The number of guanidine groups is 1. The number of anilines is 1. The van der Waals surface area contributed by atoms with E-state index in [4.69, 9.17) is 4.42 Å². The van der Waals surface area contributed by atoms with Gasteiger partial charge in [-0.05, 0) is 44.0 Å². The van der Waals surface area contributed by atoms with E-state index in [1.807, 2.05) is 25.1 Å².